The van der Waals surface area contributed by atoms with E-state index in [-0.39, 0.29) is 132 Å². The Morgan fingerprint density at radius 3 is 1.20 bits per heavy atom. The van der Waals surface area contributed by atoms with Gasteiger partial charge in [0.25, 0.3) is 0 Å². The third kappa shape index (κ3) is 122. The molecule has 0 aliphatic carbocycles. The molecule has 8 bridgehead atoms. The summed E-state index contributed by atoms with van der Waals surface area (Å²) in [5, 5.41) is 28.8. The first-order valence-electron chi connectivity index (χ1n) is 50.0. The second-order valence-electron chi connectivity index (χ2n) is 34.2. The standard InChI is InChI=1S/C12H21NO4.C10H16N2O2.2C9H16N2O.C9H15NO3.C9H17NO2.C9H15NO.C5H10N2.C3H5BrO2.C3H5I3.C3H6I2.2C3H7I.C3H6I.C3H8.C2H5.Al.I2.3HI.Li.H3NO.H2O4S.H2O.2V.4H/c1-16-11(14)9-13-7-3-5-10(6-4-8-13)12(15)17-2;1-11-9-5-3-7-12(8-4-6-9)10(13)14-2;12-9-7-11-5-1-3-8(10-9)4-2-6-11;12-10-9-7-11-5-1-3-8(9)4-2-6-11;1-13-9(12)10-6-2-4-8(11)5-3-7-10;1-12-9(11)8-4-2-6-10-7-3-5-8;11-9-7-10-5-1-3-8(9)4-2-6-10;1-2-7-3-5(4-7)6-1;1-6-3(5)2-4;1-2-3(4,5)6;1-2-3(4)5;1-3(2)4;2*1-2-3-4;1-3-2;1-2;;1-2;;;;;1-2;1-5(2,3)4;;;;;;;/h10H,3-9H2,1-2H3;9H,3-8H2,2H3;8H,1-7H2,(H,10,12);8,12H,1-7H2;2-7H2,1H3;8,10H,2-7H2,1H3;8H,1-7H2;5-6H,1-4H2;2*2H2,1H3;3H,2H2,1H3;3H,1-2H3;2-3H2,1H3;3H,2H2,1H3;3H2,1-2H3;1H2,2H3;;;3*1H;;2H,1H2;(H2,1,2,3,4);1H2;;;;;;/q;;;;;;;;;;;;;-1;;-1;;;;;;+1;;;;;+3;;;;-1/p-2/b;;;10-9+;;;;;;;;;;;;;;;;;;;;;;;;;;;. The van der Waals surface area contributed by atoms with Crippen LogP contribution in [0.4, 0.5) is 9.59 Å². The number of hydrogen-bond acceptors (Lipinski definition) is 28. The van der Waals surface area contributed by atoms with Crippen LogP contribution in [0.5, 0.6) is 0 Å². The number of hydrogen-bond donors (Lipinski definition) is 8. The molecule has 0 spiro atoms. The van der Waals surface area contributed by atoms with Crippen LogP contribution in [0.15, 0.2) is 5.16 Å². The molecule has 14 aliphatic rings. The van der Waals surface area contributed by atoms with Crippen molar-refractivity contribution in [2.45, 2.75) is 298 Å². The number of carbonyl (C=O) groups excluding carboxylic acids is 9. The molecule has 0 aromatic rings. The van der Waals surface area contributed by atoms with Gasteiger partial charge in [-0.15, -0.1) is 0 Å². The zero-order valence-electron chi connectivity index (χ0n) is 91.8. The molecule has 0 atom stereocenters. The summed E-state index contributed by atoms with van der Waals surface area (Å²) in [6.45, 7) is 50.3. The molecule has 14 aliphatic heterocycles. The number of Topliss-reactive ketones (excluding diaryl/α,β-unsaturated/α-hetero) is 2. The van der Waals surface area contributed by atoms with E-state index in [1.807, 2.05) is 0 Å². The zero-order valence-corrected chi connectivity index (χ0v) is 124. The summed E-state index contributed by atoms with van der Waals surface area (Å²) in [4.78, 5) is 118. The average molecular weight is 3760 g/mol. The Balaban J connectivity index is -0.000000123. The van der Waals surface area contributed by atoms with E-state index in [0.717, 1.165) is 199 Å². The monoisotopic (exact) mass is 3760 g/mol. The van der Waals surface area contributed by atoms with E-state index in [1.54, 1.807) is 16.7 Å². The summed E-state index contributed by atoms with van der Waals surface area (Å²) in [6.07, 6.45) is 34.2. The second-order valence-corrected chi connectivity index (χ2v) is 92.6. The molecule has 0 unspecified atom stereocenters. The number of ketones is 2. The van der Waals surface area contributed by atoms with Gasteiger partial charge in [0, 0.05) is 168 Å². The number of piperazine rings is 2. The normalized spacial score (nSPS) is 21.2. The minimum atomic E-state index is -4.67. The van der Waals surface area contributed by atoms with Gasteiger partial charge < -0.3 is 106 Å². The molecule has 883 valence electrons. The molecule has 54 heteroatoms. The van der Waals surface area contributed by atoms with Gasteiger partial charge in [-0.3, -0.25) is 71.6 Å². The van der Waals surface area contributed by atoms with E-state index in [1.165, 1.54) is 183 Å². The van der Waals surface area contributed by atoms with Crippen LogP contribution < -0.4 is 40.7 Å². The largest absolute Gasteiger partial charge is 1.00 e. The number of nitrogens with two attached hydrogens (primary N) is 1. The van der Waals surface area contributed by atoms with E-state index in [0.29, 0.717) is 67.9 Å². The number of ether oxygens (including phenoxy) is 6. The van der Waals surface area contributed by atoms with Crippen molar-refractivity contribution in [3.8, 4) is 0 Å². The van der Waals surface area contributed by atoms with Gasteiger partial charge in [-0.05, 0) is 243 Å². The number of carbonyl (C=O) groups is 9. The van der Waals surface area contributed by atoms with Gasteiger partial charge in [-0.1, -0.05) is 241 Å². The van der Waals surface area contributed by atoms with Gasteiger partial charge in [-0.25, -0.2) is 22.1 Å². The number of halogens is 14. The molecule has 12 N–H and O–H groups in total. The van der Waals surface area contributed by atoms with Crippen molar-refractivity contribution in [3.05, 3.63) is 22.8 Å². The van der Waals surface area contributed by atoms with Crippen LogP contribution in [0.1, 0.15) is 276 Å². The molecule has 14 rings (SSSR count). The summed E-state index contributed by atoms with van der Waals surface area (Å²) >= 11 is 33.5. The number of alkyl halides is 8. The van der Waals surface area contributed by atoms with Crippen molar-refractivity contribution < 1.29 is 149 Å². The molecular formula is C95H187AlBrI13LiN13O22SV2-. The number of nitrogens with one attached hydrogen (secondary N) is 3. The Morgan fingerprint density at radius 1 is 0.584 bits per heavy atom. The second kappa shape index (κ2) is 128. The van der Waals surface area contributed by atoms with E-state index in [9.17, 15) is 43.2 Å². The van der Waals surface area contributed by atoms with Crippen LogP contribution in [0.3, 0.4) is 0 Å². The smallest absolute Gasteiger partial charge is 0.457 e. The molecular weight excluding hydrogens is 3570 g/mol. The molecule has 0 saturated carbocycles. The first-order chi connectivity index (χ1) is 68.9. The fraction of sp³-hybridized carbons (Fsp3) is 0.863. The molecule has 14 fully saturated rings. The summed E-state index contributed by atoms with van der Waals surface area (Å²) < 4.78 is 64.7. The Kier molecular flexibility index (Phi) is 154. The first kappa shape index (κ1) is 180. The van der Waals surface area contributed by atoms with E-state index in [4.69, 9.17) is 44.0 Å². The molecule has 14 saturated heterocycles. The molecule has 0 aromatic heterocycles. The van der Waals surface area contributed by atoms with Gasteiger partial charge in [-0.2, -0.15) is 21.8 Å². The van der Waals surface area contributed by atoms with Crippen molar-refractivity contribution in [2.75, 3.05) is 196 Å². The van der Waals surface area contributed by atoms with Crippen molar-refractivity contribution in [2.24, 2.45) is 34.7 Å². The van der Waals surface area contributed by atoms with Crippen LogP contribution in [0, 0.1) is 41.6 Å². The van der Waals surface area contributed by atoms with Crippen LogP contribution in [0.25, 0.3) is 4.85 Å². The number of esters is 4. The number of amides is 3. The Hall–Kier alpha value is 5.93. The maximum atomic E-state index is 11.5. The maximum absolute atomic E-state index is 11.5. The van der Waals surface area contributed by atoms with Gasteiger partial charge in [0.2, 0.25) is 11.9 Å². The molecule has 35 nitrogen and oxygen atoms in total. The fourth-order valence-electron chi connectivity index (χ4n) is 15.1. The summed E-state index contributed by atoms with van der Waals surface area (Å²) in [6, 6.07) is 1.49. The predicted molar refractivity (Wildman–Crippen MR) is 719 cm³/mol. The topological polar surface area (TPSA) is 459 Å². The van der Waals surface area contributed by atoms with E-state index >= 15 is 0 Å². The Labute approximate surface area is 1110 Å². The van der Waals surface area contributed by atoms with Crippen LogP contribution in [0.2, 0.25) is 0 Å². The van der Waals surface area contributed by atoms with Crippen molar-refractivity contribution in [1.82, 2.24) is 50.2 Å². The summed E-state index contributed by atoms with van der Waals surface area (Å²) in [7, 11) is 3.78. The van der Waals surface area contributed by atoms with Gasteiger partial charge >= 0.3 is 130 Å². The summed E-state index contributed by atoms with van der Waals surface area (Å²) in [5.74, 6) is 5.12. The Bertz CT molecular complexity index is 3220. The molecule has 0 aromatic carbocycles. The first-order valence-corrected chi connectivity index (χ1v) is 82.0. The quantitative estimate of drug-likeness (QED) is 0.0102. The molecule has 1 radical (unpaired) electrons. The van der Waals surface area contributed by atoms with E-state index < -0.39 is 10.4 Å². The van der Waals surface area contributed by atoms with Gasteiger partial charge in [0.1, 0.15) is 16.3 Å². The molecule has 149 heavy (non-hydrogen) atoms. The third-order valence-electron chi connectivity index (χ3n) is 22.2. The number of methoxy groups -OCH3 is 6. The number of likely N-dealkylation sites (tertiary alicyclic amines) is 3. The van der Waals surface area contributed by atoms with Crippen LogP contribution >= 0.6 is 294 Å². The molecule has 14 heterocycles. The molecule has 3 amide bonds. The maximum Gasteiger partial charge on any atom is 1.00 e. The van der Waals surface area contributed by atoms with Crippen molar-refractivity contribution in [1.29, 1.82) is 0 Å². The number of rotatable bonds is 9. The average Bonchev–Trinajstić information content (AvgIpc) is 1.01. The predicted octanol–water partition coefficient (Wildman–Crippen LogP) is 19.4. The number of fused-ring (bicyclic) bond motifs is 14. The number of oxime groups is 1. The van der Waals surface area contributed by atoms with Crippen molar-refractivity contribution >= 4 is 381 Å². The van der Waals surface area contributed by atoms with Crippen LogP contribution in [-0.4, -0.2) is 359 Å². The SMILES string of the molecule is C1CN2CC(C2)N1.CC(C)I.CCC.CCC(I)(I)I.CCC(I)I.CCCI.CC[CH-]I.COC(=O)C1CCCNCCC1.COC(=O)CBr.COC(=O)CN1CCCC(C(=O)OC)CCC1.COC(=O)N1CCCC(=O)CCC1.II.NO.O/N=C1\CN2CCCC1CCC2.O=C1CN2CCCC(CCC2)N1.O=C1CN2CCCC1CCC2.O=S(=O)(O)O.[AlH3].[C-]#[N+]C1CCCN(C(=O)OC)CCC1.[CH2-]C.[H-].[I][V]([I])[I].[Li+].[OH3+].[V]. The minimum absolute atomic E-state index is 0. The zero-order chi connectivity index (χ0) is 112. The van der Waals surface area contributed by atoms with Gasteiger partial charge in [0.05, 0.1) is 81.8 Å². The van der Waals surface area contributed by atoms with Gasteiger partial charge in [0.15, 0.2) is 17.4 Å². The Morgan fingerprint density at radius 2 is 0.919 bits per heavy atom. The minimum Gasteiger partial charge on any atom is -0.457 e. The van der Waals surface area contributed by atoms with Crippen LogP contribution in [-0.2, 0) is 101 Å². The summed E-state index contributed by atoms with van der Waals surface area (Å²) in [5.41, 5.74) is 1.02. The van der Waals surface area contributed by atoms with E-state index in [2.05, 4.69) is 436 Å². The fourth-order valence-corrected chi connectivity index (χ4v) is 15.3. The number of nitrogens with zero attached hydrogens (tertiary/aromatic N) is 9. The third-order valence-corrected chi connectivity index (χ3v) is 28.7. The van der Waals surface area contributed by atoms with Crippen molar-refractivity contribution in [3.63, 3.8) is 0 Å².